The lowest BCUT2D eigenvalue weighted by molar-refractivity contribution is 0.0632. The molecule has 0 amide bonds. The van der Waals surface area contributed by atoms with Gasteiger partial charge in [0, 0.05) is 11.6 Å². The Labute approximate surface area is 142 Å². The second-order valence-electron chi connectivity index (χ2n) is 5.67. The molecule has 0 radical (unpaired) electrons. The minimum atomic E-state index is -0.562. The minimum absolute atomic E-state index is 0.249. The van der Waals surface area contributed by atoms with Gasteiger partial charge in [0.15, 0.2) is 0 Å². The van der Waals surface area contributed by atoms with Crippen molar-refractivity contribution in [2.24, 2.45) is 0 Å². The number of aryl methyl sites for hydroxylation is 1. The van der Waals surface area contributed by atoms with Gasteiger partial charge in [0.25, 0.3) is 0 Å². The van der Waals surface area contributed by atoms with E-state index in [1.54, 1.807) is 24.3 Å². The van der Waals surface area contributed by atoms with Crippen LogP contribution in [0.4, 0.5) is 0 Å². The Hall–Kier alpha value is -1.49. The molecule has 0 unspecified atom stereocenters. The maximum Gasteiger partial charge on any atom is 0.119 e. The zero-order chi connectivity index (χ0) is 16.7. The van der Waals surface area contributed by atoms with Gasteiger partial charge in [0.2, 0.25) is 0 Å². The van der Waals surface area contributed by atoms with Crippen LogP contribution in [0.1, 0.15) is 24.9 Å². The first-order chi connectivity index (χ1) is 11.1. The maximum atomic E-state index is 10.2. The number of aliphatic hydroxyl groups excluding tert-OH is 1. The van der Waals surface area contributed by atoms with E-state index in [0.717, 1.165) is 24.5 Å². The molecule has 5 heteroatoms. The van der Waals surface area contributed by atoms with Crippen molar-refractivity contribution in [1.29, 1.82) is 0 Å². The largest absolute Gasteiger partial charge is 0.491 e. The zero-order valence-corrected chi connectivity index (χ0v) is 14.4. The highest BCUT2D eigenvalue weighted by molar-refractivity contribution is 6.30. The van der Waals surface area contributed by atoms with Crippen LogP contribution in [-0.4, -0.2) is 35.8 Å². The molecule has 1 aromatic carbocycles. The van der Waals surface area contributed by atoms with Crippen LogP contribution in [-0.2, 0) is 6.54 Å². The summed E-state index contributed by atoms with van der Waals surface area (Å²) in [4.78, 5) is 2.17. The Bertz CT molecular complexity index is 582. The standard InChI is InChI=1S/C18H24ClNO3/c1-3-10-20(12-18-7-4-14(2)23-18)11-16(21)13-22-17-8-5-15(19)6-9-17/h4-9,16,21H,3,10-13H2,1-2H3/t16-/m0/s1. The van der Waals surface area contributed by atoms with Crippen LogP contribution in [0, 0.1) is 6.92 Å². The highest BCUT2D eigenvalue weighted by Gasteiger charge is 2.14. The lowest BCUT2D eigenvalue weighted by Crippen LogP contribution is -2.35. The topological polar surface area (TPSA) is 45.8 Å². The zero-order valence-electron chi connectivity index (χ0n) is 13.7. The second-order valence-corrected chi connectivity index (χ2v) is 6.10. The second kappa shape index (κ2) is 8.96. The molecule has 1 atom stereocenters. The molecule has 0 aliphatic heterocycles. The third-order valence-corrected chi connectivity index (χ3v) is 3.69. The summed E-state index contributed by atoms with van der Waals surface area (Å²) >= 11 is 5.84. The Balaban J connectivity index is 1.82. The summed E-state index contributed by atoms with van der Waals surface area (Å²) in [5, 5.41) is 10.9. The van der Waals surface area contributed by atoms with Crippen molar-refractivity contribution in [2.75, 3.05) is 19.7 Å². The highest BCUT2D eigenvalue weighted by Crippen LogP contribution is 2.16. The van der Waals surface area contributed by atoms with Gasteiger partial charge in [0.05, 0.1) is 6.54 Å². The predicted octanol–water partition coefficient (Wildman–Crippen LogP) is 3.89. The van der Waals surface area contributed by atoms with E-state index in [-0.39, 0.29) is 6.61 Å². The number of halogens is 1. The fourth-order valence-electron chi connectivity index (χ4n) is 2.42. The summed E-state index contributed by atoms with van der Waals surface area (Å²) in [6, 6.07) is 11.1. The average molecular weight is 338 g/mol. The van der Waals surface area contributed by atoms with Crippen LogP contribution in [0.2, 0.25) is 5.02 Å². The van der Waals surface area contributed by atoms with Crippen molar-refractivity contribution in [3.63, 3.8) is 0 Å². The van der Waals surface area contributed by atoms with E-state index in [4.69, 9.17) is 20.8 Å². The molecule has 0 bridgehead atoms. The lowest BCUT2D eigenvalue weighted by Gasteiger charge is -2.23. The molecule has 0 spiro atoms. The average Bonchev–Trinajstić information content (AvgIpc) is 2.92. The molecule has 126 valence electrons. The minimum Gasteiger partial charge on any atom is -0.491 e. The first kappa shape index (κ1) is 17.9. The smallest absolute Gasteiger partial charge is 0.119 e. The van der Waals surface area contributed by atoms with Crippen LogP contribution in [0.15, 0.2) is 40.8 Å². The van der Waals surface area contributed by atoms with Crippen LogP contribution >= 0.6 is 11.6 Å². The number of benzene rings is 1. The molecule has 0 fully saturated rings. The molecule has 23 heavy (non-hydrogen) atoms. The van der Waals surface area contributed by atoms with Gasteiger partial charge in [-0.1, -0.05) is 18.5 Å². The fourth-order valence-corrected chi connectivity index (χ4v) is 2.54. The number of ether oxygens (including phenoxy) is 1. The molecule has 0 aliphatic carbocycles. The Morgan fingerprint density at radius 1 is 1.22 bits per heavy atom. The third-order valence-electron chi connectivity index (χ3n) is 3.44. The van der Waals surface area contributed by atoms with Crippen molar-refractivity contribution in [2.45, 2.75) is 32.9 Å². The number of hydrogen-bond donors (Lipinski definition) is 1. The monoisotopic (exact) mass is 337 g/mol. The van der Waals surface area contributed by atoms with Gasteiger partial charge >= 0.3 is 0 Å². The first-order valence-electron chi connectivity index (χ1n) is 7.91. The number of nitrogens with zero attached hydrogens (tertiary/aromatic N) is 1. The van der Waals surface area contributed by atoms with Crippen LogP contribution in [0.25, 0.3) is 0 Å². The predicted molar refractivity (Wildman–Crippen MR) is 92.0 cm³/mol. The number of furan rings is 1. The molecule has 0 aliphatic rings. The van der Waals surface area contributed by atoms with Gasteiger partial charge < -0.3 is 14.3 Å². The first-order valence-corrected chi connectivity index (χ1v) is 8.28. The highest BCUT2D eigenvalue weighted by atomic mass is 35.5. The van der Waals surface area contributed by atoms with Crippen molar-refractivity contribution < 1.29 is 14.3 Å². The van der Waals surface area contributed by atoms with E-state index in [1.165, 1.54) is 0 Å². The maximum absolute atomic E-state index is 10.2. The summed E-state index contributed by atoms with van der Waals surface area (Å²) in [5.74, 6) is 2.53. The number of aliphatic hydroxyl groups is 1. The summed E-state index contributed by atoms with van der Waals surface area (Å²) in [7, 11) is 0. The molecular weight excluding hydrogens is 314 g/mol. The van der Waals surface area contributed by atoms with Crippen molar-refractivity contribution in [3.8, 4) is 5.75 Å². The SMILES string of the molecule is CCCN(Cc1ccc(C)o1)C[C@H](O)COc1ccc(Cl)cc1. The molecule has 0 saturated heterocycles. The van der Waals surface area contributed by atoms with Gasteiger partial charge in [-0.15, -0.1) is 0 Å². The summed E-state index contributed by atoms with van der Waals surface area (Å²) in [6.07, 6.45) is 0.457. The van der Waals surface area contributed by atoms with E-state index in [1.807, 2.05) is 19.1 Å². The van der Waals surface area contributed by atoms with Gasteiger partial charge in [0.1, 0.15) is 30.0 Å². The summed E-state index contributed by atoms with van der Waals surface area (Å²) < 4.78 is 11.2. The van der Waals surface area contributed by atoms with Gasteiger partial charge in [-0.2, -0.15) is 0 Å². The molecule has 2 rings (SSSR count). The Morgan fingerprint density at radius 2 is 1.96 bits per heavy atom. The molecular formula is C18H24ClNO3. The number of hydrogen-bond acceptors (Lipinski definition) is 4. The third kappa shape index (κ3) is 6.26. The fraction of sp³-hybridized carbons (Fsp3) is 0.444. The van der Waals surface area contributed by atoms with Gasteiger partial charge in [-0.05, 0) is 56.3 Å². The van der Waals surface area contributed by atoms with E-state index in [0.29, 0.717) is 23.9 Å². The number of rotatable bonds is 9. The van der Waals surface area contributed by atoms with Gasteiger partial charge in [-0.25, -0.2) is 0 Å². The van der Waals surface area contributed by atoms with Gasteiger partial charge in [-0.3, -0.25) is 4.90 Å². The van der Waals surface area contributed by atoms with Crippen LogP contribution < -0.4 is 4.74 Å². The Kier molecular flexibility index (Phi) is 6.96. The van der Waals surface area contributed by atoms with Crippen molar-refractivity contribution in [3.05, 3.63) is 52.9 Å². The molecule has 1 N–H and O–H groups in total. The Morgan fingerprint density at radius 3 is 2.57 bits per heavy atom. The van der Waals surface area contributed by atoms with Crippen LogP contribution in [0.5, 0.6) is 5.75 Å². The van der Waals surface area contributed by atoms with E-state index >= 15 is 0 Å². The van der Waals surface area contributed by atoms with E-state index in [9.17, 15) is 5.11 Å². The van der Waals surface area contributed by atoms with E-state index in [2.05, 4.69) is 11.8 Å². The molecule has 0 saturated carbocycles. The van der Waals surface area contributed by atoms with E-state index < -0.39 is 6.10 Å². The quantitative estimate of drug-likeness (QED) is 0.754. The normalized spacial score (nSPS) is 12.6. The molecule has 2 aromatic rings. The molecule has 1 heterocycles. The summed E-state index contributed by atoms with van der Waals surface area (Å²) in [5.41, 5.74) is 0. The lowest BCUT2D eigenvalue weighted by atomic mass is 10.3. The van der Waals surface area contributed by atoms with Crippen molar-refractivity contribution in [1.82, 2.24) is 4.90 Å². The van der Waals surface area contributed by atoms with Crippen LogP contribution in [0.3, 0.4) is 0 Å². The molecule has 4 nitrogen and oxygen atoms in total. The molecule has 1 aromatic heterocycles. The van der Waals surface area contributed by atoms with Crippen molar-refractivity contribution >= 4 is 11.6 Å². The summed E-state index contributed by atoms with van der Waals surface area (Å²) in [6.45, 7) is 6.44.